The minimum absolute atomic E-state index is 0. The van der Waals surface area contributed by atoms with Gasteiger partial charge in [0, 0.05) is 12.3 Å². The second-order valence-electron chi connectivity index (χ2n) is 4.96. The van der Waals surface area contributed by atoms with Crippen molar-refractivity contribution in [1.29, 1.82) is 0 Å². The fourth-order valence-corrected chi connectivity index (χ4v) is 1.82. The molecule has 0 radical (unpaired) electrons. The molecule has 0 bridgehead atoms. The van der Waals surface area contributed by atoms with Gasteiger partial charge in [0.05, 0.1) is 13.2 Å². The Hall–Kier alpha value is -0.820. The van der Waals surface area contributed by atoms with Crippen LogP contribution in [0, 0.1) is 5.92 Å². The summed E-state index contributed by atoms with van der Waals surface area (Å²) in [6, 6.07) is 8.20. The van der Waals surface area contributed by atoms with Crippen molar-refractivity contribution < 1.29 is 4.74 Å². The van der Waals surface area contributed by atoms with E-state index in [9.17, 15) is 0 Å². The number of anilines is 1. The average Bonchev–Trinajstić information content (AvgIpc) is 3.22. The lowest BCUT2D eigenvalue weighted by Crippen LogP contribution is -2.23. The SMILES string of the molecule is CCc1cccc(NC(N)=NCCOCC2CC2)c1.I. The highest BCUT2D eigenvalue weighted by Crippen LogP contribution is 2.28. The van der Waals surface area contributed by atoms with E-state index in [2.05, 4.69) is 29.4 Å². The van der Waals surface area contributed by atoms with Crippen molar-refractivity contribution in [2.24, 2.45) is 16.6 Å². The lowest BCUT2D eigenvalue weighted by molar-refractivity contribution is 0.132. The monoisotopic (exact) mass is 389 g/mol. The summed E-state index contributed by atoms with van der Waals surface area (Å²) < 4.78 is 5.50. The van der Waals surface area contributed by atoms with Crippen LogP contribution in [0.15, 0.2) is 29.3 Å². The molecule has 0 amide bonds. The number of nitrogens with one attached hydrogen (secondary N) is 1. The van der Waals surface area contributed by atoms with Crippen LogP contribution in [-0.2, 0) is 11.2 Å². The smallest absolute Gasteiger partial charge is 0.193 e. The summed E-state index contributed by atoms with van der Waals surface area (Å²) in [5.41, 5.74) is 8.10. The number of hydrogen-bond acceptors (Lipinski definition) is 2. The van der Waals surface area contributed by atoms with Gasteiger partial charge in [-0.2, -0.15) is 0 Å². The summed E-state index contributed by atoms with van der Waals surface area (Å²) in [7, 11) is 0. The van der Waals surface area contributed by atoms with Crippen LogP contribution in [0.4, 0.5) is 5.69 Å². The quantitative estimate of drug-likeness (QED) is 0.326. The first-order valence-corrected chi connectivity index (χ1v) is 7.01. The topological polar surface area (TPSA) is 59.6 Å². The van der Waals surface area contributed by atoms with Crippen LogP contribution in [-0.4, -0.2) is 25.7 Å². The Labute approximate surface area is 138 Å². The van der Waals surface area contributed by atoms with E-state index in [-0.39, 0.29) is 24.0 Å². The van der Waals surface area contributed by atoms with Crippen molar-refractivity contribution >= 4 is 35.6 Å². The number of nitrogens with two attached hydrogens (primary N) is 1. The molecular weight excluding hydrogens is 365 g/mol. The van der Waals surface area contributed by atoms with Crippen molar-refractivity contribution in [3.63, 3.8) is 0 Å². The predicted molar refractivity (Wildman–Crippen MR) is 94.9 cm³/mol. The third-order valence-corrected chi connectivity index (χ3v) is 3.18. The summed E-state index contributed by atoms with van der Waals surface area (Å²) >= 11 is 0. The zero-order valence-corrected chi connectivity index (χ0v) is 14.3. The molecule has 3 N–H and O–H groups in total. The molecule has 0 unspecified atom stereocenters. The van der Waals surface area contributed by atoms with Gasteiger partial charge in [0.1, 0.15) is 0 Å². The molecule has 2 rings (SSSR count). The molecule has 0 aromatic heterocycles. The number of halogens is 1. The number of ether oxygens (including phenoxy) is 1. The normalized spacial score (nSPS) is 14.8. The maximum Gasteiger partial charge on any atom is 0.193 e. The van der Waals surface area contributed by atoms with Crippen LogP contribution in [0.2, 0.25) is 0 Å². The van der Waals surface area contributed by atoms with E-state index in [4.69, 9.17) is 10.5 Å². The van der Waals surface area contributed by atoms with Crippen LogP contribution in [0.1, 0.15) is 25.3 Å². The molecule has 0 saturated heterocycles. The highest BCUT2D eigenvalue weighted by Gasteiger charge is 2.20. The third-order valence-electron chi connectivity index (χ3n) is 3.18. The van der Waals surface area contributed by atoms with Gasteiger partial charge in [-0.15, -0.1) is 24.0 Å². The third kappa shape index (κ3) is 6.56. The van der Waals surface area contributed by atoms with Gasteiger partial charge in [-0.25, -0.2) is 0 Å². The Morgan fingerprint density at radius 3 is 2.95 bits per heavy atom. The lowest BCUT2D eigenvalue weighted by Gasteiger charge is -2.07. The second kappa shape index (κ2) is 9.18. The van der Waals surface area contributed by atoms with Crippen LogP contribution in [0.25, 0.3) is 0 Å². The first-order chi connectivity index (χ1) is 9.28. The first kappa shape index (κ1) is 17.2. The standard InChI is InChI=1S/C15H23N3O.HI/c1-2-12-4-3-5-14(10-12)18-15(16)17-8-9-19-11-13-6-7-13;/h3-5,10,13H,2,6-9,11H2,1H3,(H3,16,17,18);1H. The summed E-state index contributed by atoms with van der Waals surface area (Å²) in [6.45, 7) is 4.27. The molecule has 1 aliphatic rings. The number of nitrogens with zero attached hydrogens (tertiary/aromatic N) is 1. The molecule has 0 atom stereocenters. The van der Waals surface area contributed by atoms with Gasteiger partial charge in [0.25, 0.3) is 0 Å². The number of guanidine groups is 1. The zero-order valence-electron chi connectivity index (χ0n) is 12.0. The Bertz CT molecular complexity index is 433. The van der Waals surface area contributed by atoms with Crippen molar-refractivity contribution in [3.8, 4) is 0 Å². The van der Waals surface area contributed by atoms with Gasteiger partial charge in [0.15, 0.2) is 5.96 Å². The van der Waals surface area contributed by atoms with Gasteiger partial charge < -0.3 is 15.8 Å². The summed E-state index contributed by atoms with van der Waals surface area (Å²) in [4.78, 5) is 4.25. The van der Waals surface area contributed by atoms with Crippen LogP contribution in [0.3, 0.4) is 0 Å². The van der Waals surface area contributed by atoms with Crippen molar-refractivity contribution in [1.82, 2.24) is 0 Å². The Morgan fingerprint density at radius 1 is 1.45 bits per heavy atom. The van der Waals surface area contributed by atoms with E-state index in [1.54, 1.807) is 0 Å². The zero-order chi connectivity index (χ0) is 13.5. The molecule has 1 fully saturated rings. The Kier molecular flexibility index (Phi) is 7.91. The van der Waals surface area contributed by atoms with Gasteiger partial charge in [-0.1, -0.05) is 19.1 Å². The molecule has 4 nitrogen and oxygen atoms in total. The van der Waals surface area contributed by atoms with Gasteiger partial charge in [-0.3, -0.25) is 4.99 Å². The number of rotatable bonds is 7. The Balaban J connectivity index is 0.00000200. The highest BCUT2D eigenvalue weighted by atomic mass is 127. The highest BCUT2D eigenvalue weighted by molar-refractivity contribution is 14.0. The van der Waals surface area contributed by atoms with Crippen molar-refractivity contribution in [3.05, 3.63) is 29.8 Å². The maximum atomic E-state index is 5.83. The molecule has 0 spiro atoms. The van der Waals surface area contributed by atoms with Crippen molar-refractivity contribution in [2.45, 2.75) is 26.2 Å². The molecular formula is C15H24IN3O. The number of aliphatic imine (C=N–C) groups is 1. The minimum atomic E-state index is 0. The fourth-order valence-electron chi connectivity index (χ4n) is 1.82. The molecule has 5 heteroatoms. The first-order valence-electron chi connectivity index (χ1n) is 7.01. The van der Waals surface area contributed by atoms with E-state index in [0.29, 0.717) is 19.1 Å². The van der Waals surface area contributed by atoms with Gasteiger partial charge in [-0.05, 0) is 42.9 Å². The number of hydrogen-bond donors (Lipinski definition) is 2. The summed E-state index contributed by atoms with van der Waals surface area (Å²) in [6.07, 6.45) is 3.66. The lowest BCUT2D eigenvalue weighted by atomic mass is 10.1. The van der Waals surface area contributed by atoms with E-state index < -0.39 is 0 Å². The summed E-state index contributed by atoms with van der Waals surface area (Å²) in [5.74, 6) is 1.25. The molecule has 0 heterocycles. The van der Waals surface area contributed by atoms with Gasteiger partial charge in [0.2, 0.25) is 0 Å². The molecule has 1 aromatic carbocycles. The maximum absolute atomic E-state index is 5.83. The molecule has 0 aliphatic heterocycles. The largest absolute Gasteiger partial charge is 0.379 e. The average molecular weight is 389 g/mol. The van der Waals surface area contributed by atoms with E-state index in [0.717, 1.165) is 24.6 Å². The molecule has 1 aliphatic carbocycles. The van der Waals surface area contributed by atoms with Crippen LogP contribution in [0.5, 0.6) is 0 Å². The number of aryl methyl sites for hydroxylation is 1. The molecule has 1 aromatic rings. The summed E-state index contributed by atoms with van der Waals surface area (Å²) in [5, 5.41) is 3.10. The fraction of sp³-hybridized carbons (Fsp3) is 0.533. The minimum Gasteiger partial charge on any atom is -0.379 e. The van der Waals surface area contributed by atoms with Gasteiger partial charge >= 0.3 is 0 Å². The van der Waals surface area contributed by atoms with Crippen molar-refractivity contribution in [2.75, 3.05) is 25.1 Å². The van der Waals surface area contributed by atoms with Crippen LogP contribution < -0.4 is 11.1 Å². The molecule has 112 valence electrons. The molecule has 1 saturated carbocycles. The number of benzene rings is 1. The second-order valence-corrected chi connectivity index (χ2v) is 4.96. The van der Waals surface area contributed by atoms with E-state index in [1.165, 1.54) is 18.4 Å². The van der Waals surface area contributed by atoms with E-state index >= 15 is 0 Å². The Morgan fingerprint density at radius 2 is 2.25 bits per heavy atom. The van der Waals surface area contributed by atoms with Crippen LogP contribution >= 0.6 is 24.0 Å². The predicted octanol–water partition coefficient (Wildman–Crippen LogP) is 3.02. The molecule has 20 heavy (non-hydrogen) atoms. The van der Waals surface area contributed by atoms with E-state index in [1.807, 2.05) is 12.1 Å².